The van der Waals surface area contributed by atoms with E-state index < -0.39 is 0 Å². The maximum atomic E-state index is 8.91. The third-order valence-electron chi connectivity index (χ3n) is 3.50. The van der Waals surface area contributed by atoms with E-state index in [4.69, 9.17) is 9.84 Å². The number of benzene rings is 1. The van der Waals surface area contributed by atoms with Gasteiger partial charge in [0.15, 0.2) is 0 Å². The largest absolute Gasteiger partial charge is 0.491 e. The summed E-state index contributed by atoms with van der Waals surface area (Å²) < 4.78 is 5.67. The molecule has 19 heavy (non-hydrogen) atoms. The molecule has 0 aliphatic carbocycles. The maximum absolute atomic E-state index is 8.91. The lowest BCUT2D eigenvalue weighted by Gasteiger charge is -2.20. The van der Waals surface area contributed by atoms with Gasteiger partial charge in [-0.2, -0.15) is 0 Å². The summed E-state index contributed by atoms with van der Waals surface area (Å²) in [6.07, 6.45) is 7.51. The van der Waals surface area contributed by atoms with Crippen LogP contribution in [0, 0.1) is 0 Å². The fraction of sp³-hybridized carbons (Fsp3) is 0.647. The Balaban J connectivity index is 2.75. The van der Waals surface area contributed by atoms with Crippen LogP contribution in [-0.2, 0) is 0 Å². The predicted octanol–water partition coefficient (Wildman–Crippen LogP) is 4.52. The van der Waals surface area contributed by atoms with Crippen LogP contribution in [0.2, 0.25) is 0 Å². The lowest BCUT2D eigenvalue weighted by molar-refractivity contribution is 0.199. The van der Waals surface area contributed by atoms with E-state index in [-0.39, 0.29) is 6.61 Å². The molecule has 1 rings (SSSR count). The van der Waals surface area contributed by atoms with Gasteiger partial charge in [0.1, 0.15) is 12.4 Å². The average molecular weight is 264 g/mol. The molecular weight excluding hydrogens is 236 g/mol. The number of aliphatic hydroxyl groups excluding tert-OH is 1. The first-order valence-corrected chi connectivity index (χ1v) is 7.66. The van der Waals surface area contributed by atoms with Gasteiger partial charge in [-0.05, 0) is 30.4 Å². The minimum Gasteiger partial charge on any atom is -0.491 e. The molecule has 0 aliphatic heterocycles. The molecular formula is C17H28O2. The van der Waals surface area contributed by atoms with Crippen LogP contribution in [0.1, 0.15) is 63.9 Å². The first-order chi connectivity index (χ1) is 9.33. The van der Waals surface area contributed by atoms with Crippen molar-refractivity contribution in [2.24, 2.45) is 0 Å². The normalized spacial score (nSPS) is 12.4. The molecule has 2 heteroatoms. The van der Waals surface area contributed by atoms with E-state index in [1.165, 1.54) is 44.1 Å². The molecule has 0 heterocycles. The summed E-state index contributed by atoms with van der Waals surface area (Å²) in [6.45, 7) is 4.94. The second-order valence-corrected chi connectivity index (χ2v) is 5.09. The maximum Gasteiger partial charge on any atom is 0.122 e. The number of aliphatic hydroxyl groups is 1. The van der Waals surface area contributed by atoms with Gasteiger partial charge < -0.3 is 9.84 Å². The number of ether oxygens (including phenoxy) is 1. The summed E-state index contributed by atoms with van der Waals surface area (Å²) in [4.78, 5) is 0. The summed E-state index contributed by atoms with van der Waals surface area (Å²) in [5, 5.41) is 8.91. The highest BCUT2D eigenvalue weighted by Crippen LogP contribution is 2.33. The molecule has 0 aliphatic rings. The molecule has 1 unspecified atom stereocenters. The van der Waals surface area contributed by atoms with Gasteiger partial charge in [0, 0.05) is 0 Å². The molecule has 1 aromatic rings. The minimum atomic E-state index is 0.0720. The highest BCUT2D eigenvalue weighted by Gasteiger charge is 2.15. The summed E-state index contributed by atoms with van der Waals surface area (Å²) in [6, 6.07) is 8.29. The Morgan fingerprint density at radius 2 is 1.84 bits per heavy atom. The Morgan fingerprint density at radius 1 is 1.05 bits per heavy atom. The van der Waals surface area contributed by atoms with Crippen molar-refractivity contribution in [1.82, 2.24) is 0 Å². The van der Waals surface area contributed by atoms with E-state index in [0.717, 1.165) is 5.75 Å². The zero-order chi connectivity index (χ0) is 13.9. The summed E-state index contributed by atoms with van der Waals surface area (Å²) in [7, 11) is 0. The van der Waals surface area contributed by atoms with Gasteiger partial charge in [0.05, 0.1) is 6.61 Å². The number of para-hydroxylation sites is 1. The minimum absolute atomic E-state index is 0.0720. The van der Waals surface area contributed by atoms with E-state index in [1.807, 2.05) is 12.1 Å². The van der Waals surface area contributed by atoms with Crippen LogP contribution in [0.15, 0.2) is 24.3 Å². The Kier molecular flexibility index (Phi) is 8.31. The standard InChI is InChI=1S/C17H28O2/c1-3-5-6-10-15(9-4-2)16-11-7-8-12-17(16)19-14-13-18/h7-8,11-12,15,18H,3-6,9-10,13-14H2,1-2H3. The van der Waals surface area contributed by atoms with Gasteiger partial charge in [0.25, 0.3) is 0 Å². The van der Waals surface area contributed by atoms with Gasteiger partial charge in [0.2, 0.25) is 0 Å². The smallest absolute Gasteiger partial charge is 0.122 e. The Labute approximate surface area is 117 Å². The van der Waals surface area contributed by atoms with E-state index in [0.29, 0.717) is 12.5 Å². The van der Waals surface area contributed by atoms with Gasteiger partial charge in [-0.3, -0.25) is 0 Å². The van der Waals surface area contributed by atoms with Crippen LogP contribution < -0.4 is 4.74 Å². The average Bonchev–Trinajstić information content (AvgIpc) is 2.45. The molecule has 1 N–H and O–H groups in total. The lowest BCUT2D eigenvalue weighted by Crippen LogP contribution is -2.07. The van der Waals surface area contributed by atoms with Gasteiger partial charge in [-0.25, -0.2) is 0 Å². The van der Waals surface area contributed by atoms with Crippen molar-refractivity contribution in [3.63, 3.8) is 0 Å². The molecule has 0 amide bonds. The van der Waals surface area contributed by atoms with Crippen molar-refractivity contribution in [1.29, 1.82) is 0 Å². The summed E-state index contributed by atoms with van der Waals surface area (Å²) in [5.74, 6) is 1.54. The Hall–Kier alpha value is -1.02. The molecule has 0 radical (unpaired) electrons. The van der Waals surface area contributed by atoms with E-state index in [1.54, 1.807) is 0 Å². The van der Waals surface area contributed by atoms with E-state index >= 15 is 0 Å². The molecule has 0 aromatic heterocycles. The highest BCUT2D eigenvalue weighted by molar-refractivity contribution is 5.36. The molecule has 108 valence electrons. The third kappa shape index (κ3) is 5.65. The van der Waals surface area contributed by atoms with Gasteiger partial charge >= 0.3 is 0 Å². The summed E-state index contributed by atoms with van der Waals surface area (Å²) in [5.41, 5.74) is 1.31. The fourth-order valence-electron chi connectivity index (χ4n) is 2.55. The first-order valence-electron chi connectivity index (χ1n) is 7.66. The number of hydrogen-bond acceptors (Lipinski definition) is 2. The second kappa shape index (κ2) is 9.85. The molecule has 1 atom stereocenters. The van der Waals surface area contributed by atoms with E-state index in [2.05, 4.69) is 26.0 Å². The molecule has 0 saturated carbocycles. The monoisotopic (exact) mass is 264 g/mol. The van der Waals surface area contributed by atoms with Crippen LogP contribution in [0.3, 0.4) is 0 Å². The van der Waals surface area contributed by atoms with Crippen LogP contribution in [0.4, 0.5) is 0 Å². The zero-order valence-electron chi connectivity index (χ0n) is 12.4. The number of unbranched alkanes of at least 4 members (excludes halogenated alkanes) is 2. The van der Waals surface area contributed by atoms with Crippen LogP contribution in [-0.4, -0.2) is 18.3 Å². The second-order valence-electron chi connectivity index (χ2n) is 5.09. The molecule has 0 fully saturated rings. The SMILES string of the molecule is CCCCCC(CCC)c1ccccc1OCCO. The molecule has 1 aromatic carbocycles. The van der Waals surface area contributed by atoms with Crippen LogP contribution in [0.5, 0.6) is 5.75 Å². The topological polar surface area (TPSA) is 29.5 Å². The van der Waals surface area contributed by atoms with Crippen molar-refractivity contribution < 1.29 is 9.84 Å². The van der Waals surface area contributed by atoms with Crippen molar-refractivity contribution in [2.75, 3.05) is 13.2 Å². The number of rotatable bonds is 10. The van der Waals surface area contributed by atoms with Crippen molar-refractivity contribution >= 4 is 0 Å². The van der Waals surface area contributed by atoms with Crippen molar-refractivity contribution in [2.45, 2.75) is 58.3 Å². The molecule has 0 bridgehead atoms. The Morgan fingerprint density at radius 3 is 2.53 bits per heavy atom. The number of hydrogen-bond donors (Lipinski definition) is 1. The Bertz CT molecular complexity index is 336. The molecule has 2 nitrogen and oxygen atoms in total. The van der Waals surface area contributed by atoms with Gasteiger partial charge in [-0.1, -0.05) is 57.7 Å². The highest BCUT2D eigenvalue weighted by atomic mass is 16.5. The van der Waals surface area contributed by atoms with Crippen molar-refractivity contribution in [3.05, 3.63) is 29.8 Å². The van der Waals surface area contributed by atoms with Crippen LogP contribution in [0.25, 0.3) is 0 Å². The molecule has 0 saturated heterocycles. The van der Waals surface area contributed by atoms with E-state index in [9.17, 15) is 0 Å². The molecule has 0 spiro atoms. The summed E-state index contributed by atoms with van der Waals surface area (Å²) >= 11 is 0. The van der Waals surface area contributed by atoms with Gasteiger partial charge in [-0.15, -0.1) is 0 Å². The third-order valence-corrected chi connectivity index (χ3v) is 3.50. The lowest BCUT2D eigenvalue weighted by atomic mass is 9.89. The van der Waals surface area contributed by atoms with Crippen LogP contribution >= 0.6 is 0 Å². The predicted molar refractivity (Wildman–Crippen MR) is 80.8 cm³/mol. The first kappa shape index (κ1) is 16.0. The zero-order valence-corrected chi connectivity index (χ0v) is 12.4. The fourth-order valence-corrected chi connectivity index (χ4v) is 2.55. The quantitative estimate of drug-likeness (QED) is 0.629. The van der Waals surface area contributed by atoms with Crippen molar-refractivity contribution in [3.8, 4) is 5.75 Å².